The van der Waals surface area contributed by atoms with E-state index in [-0.39, 0.29) is 0 Å². The number of rotatable bonds is 5. The van der Waals surface area contributed by atoms with E-state index >= 15 is 0 Å². The highest BCUT2D eigenvalue weighted by atomic mass is 16.5. The van der Waals surface area contributed by atoms with Crippen LogP contribution in [-0.2, 0) is 6.54 Å². The first-order valence-corrected chi connectivity index (χ1v) is 6.78. The molecule has 1 aliphatic carbocycles. The van der Waals surface area contributed by atoms with Gasteiger partial charge in [0.2, 0.25) is 0 Å². The van der Waals surface area contributed by atoms with Gasteiger partial charge in [0, 0.05) is 17.7 Å². The molecular formula is C15H23NO3. The molecule has 1 aromatic rings. The van der Waals surface area contributed by atoms with Crippen LogP contribution in [0.2, 0.25) is 0 Å². The van der Waals surface area contributed by atoms with Gasteiger partial charge in [0.05, 0.1) is 21.3 Å². The van der Waals surface area contributed by atoms with Gasteiger partial charge in [-0.2, -0.15) is 0 Å². The Hall–Kier alpha value is -1.42. The van der Waals surface area contributed by atoms with E-state index in [9.17, 15) is 0 Å². The summed E-state index contributed by atoms with van der Waals surface area (Å²) in [4.78, 5) is 0. The Morgan fingerprint density at radius 1 is 1.05 bits per heavy atom. The van der Waals surface area contributed by atoms with Crippen LogP contribution >= 0.6 is 0 Å². The molecular weight excluding hydrogens is 242 g/mol. The molecule has 1 fully saturated rings. The summed E-state index contributed by atoms with van der Waals surface area (Å²) in [7, 11) is 5.03. The second-order valence-corrected chi connectivity index (χ2v) is 4.90. The highest BCUT2D eigenvalue weighted by Gasteiger charge is 2.28. The van der Waals surface area contributed by atoms with E-state index in [4.69, 9.17) is 19.9 Å². The quantitative estimate of drug-likeness (QED) is 0.889. The van der Waals surface area contributed by atoms with Crippen LogP contribution in [0.4, 0.5) is 0 Å². The van der Waals surface area contributed by atoms with Crippen LogP contribution in [0.3, 0.4) is 0 Å². The summed E-state index contributed by atoms with van der Waals surface area (Å²) in [6.07, 6.45) is 4.88. The lowest BCUT2D eigenvalue weighted by Gasteiger charge is -2.22. The van der Waals surface area contributed by atoms with E-state index in [0.717, 1.165) is 28.4 Å². The van der Waals surface area contributed by atoms with Gasteiger partial charge in [0.25, 0.3) is 0 Å². The van der Waals surface area contributed by atoms with Crippen LogP contribution in [0.25, 0.3) is 0 Å². The zero-order valence-corrected chi connectivity index (χ0v) is 12.0. The highest BCUT2D eigenvalue weighted by Crippen LogP contribution is 2.49. The number of benzene rings is 1. The molecule has 0 atom stereocenters. The van der Waals surface area contributed by atoms with Crippen molar-refractivity contribution in [3.63, 3.8) is 0 Å². The molecule has 0 aliphatic heterocycles. The molecule has 0 radical (unpaired) electrons. The Bertz CT molecular complexity index is 440. The smallest absolute Gasteiger partial charge is 0.168 e. The fraction of sp³-hybridized carbons (Fsp3) is 0.600. The van der Waals surface area contributed by atoms with Crippen LogP contribution in [0.1, 0.15) is 42.7 Å². The summed E-state index contributed by atoms with van der Waals surface area (Å²) in [5.41, 5.74) is 7.84. The normalized spacial score (nSPS) is 15.6. The first-order valence-electron chi connectivity index (χ1n) is 6.78. The van der Waals surface area contributed by atoms with E-state index in [2.05, 4.69) is 0 Å². The highest BCUT2D eigenvalue weighted by molar-refractivity contribution is 5.60. The third-order valence-corrected chi connectivity index (χ3v) is 3.92. The molecule has 0 heterocycles. The molecule has 0 amide bonds. The SMILES string of the molecule is COc1cc(CN)c(OC)c(OC)c1C1CCCC1. The van der Waals surface area contributed by atoms with E-state index in [1.807, 2.05) is 6.07 Å². The Morgan fingerprint density at radius 3 is 2.16 bits per heavy atom. The van der Waals surface area contributed by atoms with Gasteiger partial charge in [-0.25, -0.2) is 0 Å². The molecule has 1 aromatic carbocycles. The Labute approximate surface area is 114 Å². The van der Waals surface area contributed by atoms with Crippen molar-refractivity contribution in [3.05, 3.63) is 17.2 Å². The van der Waals surface area contributed by atoms with Crippen molar-refractivity contribution in [2.45, 2.75) is 38.1 Å². The van der Waals surface area contributed by atoms with Gasteiger partial charge in [0.1, 0.15) is 5.75 Å². The lowest BCUT2D eigenvalue weighted by Crippen LogP contribution is -2.08. The summed E-state index contributed by atoms with van der Waals surface area (Å²) >= 11 is 0. The van der Waals surface area contributed by atoms with Crippen LogP contribution in [0, 0.1) is 0 Å². The van der Waals surface area contributed by atoms with Gasteiger partial charge >= 0.3 is 0 Å². The second kappa shape index (κ2) is 6.15. The number of nitrogens with two attached hydrogens (primary N) is 1. The topological polar surface area (TPSA) is 53.7 Å². The molecule has 106 valence electrons. The zero-order valence-electron chi connectivity index (χ0n) is 12.0. The third-order valence-electron chi connectivity index (χ3n) is 3.92. The Kier molecular flexibility index (Phi) is 4.53. The predicted molar refractivity (Wildman–Crippen MR) is 75.2 cm³/mol. The van der Waals surface area contributed by atoms with Crippen LogP contribution < -0.4 is 19.9 Å². The molecule has 2 rings (SSSR count). The minimum atomic E-state index is 0.404. The Balaban J connectivity index is 2.60. The third kappa shape index (κ3) is 2.50. The summed E-state index contributed by atoms with van der Waals surface area (Å²) in [6, 6.07) is 1.98. The van der Waals surface area contributed by atoms with Crippen molar-refractivity contribution < 1.29 is 14.2 Å². The molecule has 0 saturated heterocycles. The molecule has 4 nitrogen and oxygen atoms in total. The van der Waals surface area contributed by atoms with Crippen LogP contribution in [-0.4, -0.2) is 21.3 Å². The number of methoxy groups -OCH3 is 3. The molecule has 0 bridgehead atoms. The zero-order chi connectivity index (χ0) is 13.8. The molecule has 1 aliphatic rings. The van der Waals surface area contributed by atoms with Gasteiger partial charge in [-0.05, 0) is 24.8 Å². The maximum Gasteiger partial charge on any atom is 0.168 e. The van der Waals surface area contributed by atoms with Crippen molar-refractivity contribution >= 4 is 0 Å². The standard InChI is InChI=1S/C15H23NO3/c1-17-12-8-11(9-16)14(18-2)15(19-3)13(12)10-6-4-5-7-10/h8,10H,4-7,9,16H2,1-3H3. The number of ether oxygens (including phenoxy) is 3. The number of hydrogen-bond acceptors (Lipinski definition) is 4. The average molecular weight is 265 g/mol. The molecule has 4 heteroatoms. The number of hydrogen-bond donors (Lipinski definition) is 1. The van der Waals surface area contributed by atoms with Gasteiger partial charge in [-0.1, -0.05) is 12.8 Å². The van der Waals surface area contributed by atoms with Crippen LogP contribution in [0.5, 0.6) is 17.2 Å². The molecule has 1 saturated carbocycles. The molecule has 19 heavy (non-hydrogen) atoms. The maximum absolute atomic E-state index is 5.79. The fourth-order valence-electron chi connectivity index (χ4n) is 3.03. The van der Waals surface area contributed by atoms with E-state index in [1.54, 1.807) is 21.3 Å². The first-order chi connectivity index (χ1) is 9.26. The minimum Gasteiger partial charge on any atom is -0.496 e. The second-order valence-electron chi connectivity index (χ2n) is 4.90. The summed E-state index contributed by atoms with van der Waals surface area (Å²) in [5.74, 6) is 2.89. The molecule has 0 spiro atoms. The van der Waals surface area contributed by atoms with Crippen molar-refractivity contribution in [2.24, 2.45) is 5.73 Å². The van der Waals surface area contributed by atoms with E-state index < -0.39 is 0 Å². The maximum atomic E-state index is 5.79. The summed E-state index contributed by atoms with van der Waals surface area (Å²) in [5, 5.41) is 0. The van der Waals surface area contributed by atoms with Gasteiger partial charge in [0.15, 0.2) is 11.5 Å². The fourth-order valence-corrected chi connectivity index (χ4v) is 3.03. The van der Waals surface area contributed by atoms with Gasteiger partial charge < -0.3 is 19.9 Å². The van der Waals surface area contributed by atoms with Crippen LogP contribution in [0.15, 0.2) is 6.07 Å². The van der Waals surface area contributed by atoms with E-state index in [0.29, 0.717) is 12.5 Å². The molecule has 2 N–H and O–H groups in total. The predicted octanol–water partition coefficient (Wildman–Crippen LogP) is 2.83. The van der Waals surface area contributed by atoms with Gasteiger partial charge in [-0.15, -0.1) is 0 Å². The lowest BCUT2D eigenvalue weighted by molar-refractivity contribution is 0.337. The molecule has 0 unspecified atom stereocenters. The lowest BCUT2D eigenvalue weighted by atomic mass is 9.93. The van der Waals surface area contributed by atoms with Crippen molar-refractivity contribution in [2.75, 3.05) is 21.3 Å². The molecule has 0 aromatic heterocycles. The largest absolute Gasteiger partial charge is 0.496 e. The Morgan fingerprint density at radius 2 is 1.68 bits per heavy atom. The first kappa shape index (κ1) is 14.0. The monoisotopic (exact) mass is 265 g/mol. The summed E-state index contributed by atoms with van der Waals surface area (Å²) < 4.78 is 16.7. The average Bonchev–Trinajstić information content (AvgIpc) is 2.98. The van der Waals surface area contributed by atoms with E-state index in [1.165, 1.54) is 25.7 Å². The minimum absolute atomic E-state index is 0.404. The van der Waals surface area contributed by atoms with Crippen molar-refractivity contribution in [3.8, 4) is 17.2 Å². The van der Waals surface area contributed by atoms with Crippen molar-refractivity contribution in [1.82, 2.24) is 0 Å². The summed E-state index contributed by atoms with van der Waals surface area (Å²) in [6.45, 7) is 0.404. The van der Waals surface area contributed by atoms with Gasteiger partial charge in [-0.3, -0.25) is 0 Å². The van der Waals surface area contributed by atoms with Crippen molar-refractivity contribution in [1.29, 1.82) is 0 Å².